The Bertz CT molecular complexity index is 196. The third-order valence-electron chi connectivity index (χ3n) is 2.67. The standard InChI is InChI=1S/C10H21N3O/c1-3-9(10(11)12)13-5-4-6-14-8(2)7-13/h8-9H,3-7H2,1-2H3,(H3,11,12). The Morgan fingerprint density at radius 2 is 2.43 bits per heavy atom. The van der Waals surface area contributed by atoms with Crippen molar-refractivity contribution in [3.8, 4) is 0 Å². The Morgan fingerprint density at radius 3 is 3.00 bits per heavy atom. The number of nitrogens with two attached hydrogens (primary N) is 1. The average molecular weight is 199 g/mol. The number of rotatable bonds is 3. The van der Waals surface area contributed by atoms with Gasteiger partial charge >= 0.3 is 0 Å². The lowest BCUT2D eigenvalue weighted by Gasteiger charge is -2.29. The maximum atomic E-state index is 7.52. The summed E-state index contributed by atoms with van der Waals surface area (Å²) >= 11 is 0. The van der Waals surface area contributed by atoms with Crippen LogP contribution in [-0.4, -0.2) is 42.6 Å². The van der Waals surface area contributed by atoms with Gasteiger partial charge in [-0.05, 0) is 19.8 Å². The number of hydrogen-bond acceptors (Lipinski definition) is 3. The van der Waals surface area contributed by atoms with Crippen molar-refractivity contribution in [1.82, 2.24) is 4.90 Å². The van der Waals surface area contributed by atoms with E-state index >= 15 is 0 Å². The molecule has 0 spiro atoms. The van der Waals surface area contributed by atoms with Gasteiger partial charge in [0.1, 0.15) is 5.84 Å². The van der Waals surface area contributed by atoms with Crippen LogP contribution in [0.3, 0.4) is 0 Å². The first-order chi connectivity index (χ1) is 6.65. The average Bonchev–Trinajstić information content (AvgIpc) is 2.31. The summed E-state index contributed by atoms with van der Waals surface area (Å²) in [6.07, 6.45) is 2.20. The van der Waals surface area contributed by atoms with Crippen LogP contribution >= 0.6 is 0 Å². The summed E-state index contributed by atoms with van der Waals surface area (Å²) in [5.41, 5.74) is 5.58. The van der Waals surface area contributed by atoms with E-state index in [4.69, 9.17) is 15.9 Å². The molecule has 1 saturated heterocycles. The molecule has 0 amide bonds. The molecule has 1 aliphatic heterocycles. The fourth-order valence-electron chi connectivity index (χ4n) is 1.98. The number of amidine groups is 1. The van der Waals surface area contributed by atoms with Gasteiger partial charge in [-0.15, -0.1) is 0 Å². The van der Waals surface area contributed by atoms with E-state index in [2.05, 4.69) is 18.7 Å². The molecule has 0 aromatic carbocycles. The molecule has 4 nitrogen and oxygen atoms in total. The van der Waals surface area contributed by atoms with Gasteiger partial charge in [-0.25, -0.2) is 0 Å². The molecule has 1 rings (SSSR count). The van der Waals surface area contributed by atoms with Crippen molar-refractivity contribution in [2.45, 2.75) is 38.8 Å². The van der Waals surface area contributed by atoms with Gasteiger partial charge in [0.15, 0.2) is 0 Å². The summed E-state index contributed by atoms with van der Waals surface area (Å²) in [4.78, 5) is 2.26. The van der Waals surface area contributed by atoms with Crippen molar-refractivity contribution in [3.05, 3.63) is 0 Å². The van der Waals surface area contributed by atoms with E-state index in [0.29, 0.717) is 0 Å². The van der Waals surface area contributed by atoms with E-state index in [-0.39, 0.29) is 18.0 Å². The number of nitrogens with zero attached hydrogens (tertiary/aromatic N) is 1. The van der Waals surface area contributed by atoms with Gasteiger partial charge in [0.05, 0.1) is 12.1 Å². The monoisotopic (exact) mass is 199 g/mol. The van der Waals surface area contributed by atoms with Crippen LogP contribution in [0.1, 0.15) is 26.7 Å². The van der Waals surface area contributed by atoms with E-state index in [1.807, 2.05) is 0 Å². The van der Waals surface area contributed by atoms with Crippen molar-refractivity contribution in [1.29, 1.82) is 5.41 Å². The first kappa shape index (κ1) is 11.5. The molecule has 1 heterocycles. The van der Waals surface area contributed by atoms with Crippen LogP contribution in [0.25, 0.3) is 0 Å². The Hall–Kier alpha value is -0.610. The Labute approximate surface area is 85.9 Å². The molecule has 0 bridgehead atoms. The zero-order valence-electron chi connectivity index (χ0n) is 9.12. The van der Waals surface area contributed by atoms with E-state index in [0.717, 1.165) is 32.5 Å². The fourth-order valence-corrected chi connectivity index (χ4v) is 1.98. The second-order valence-electron chi connectivity index (χ2n) is 3.91. The molecule has 0 radical (unpaired) electrons. The lowest BCUT2D eigenvalue weighted by molar-refractivity contribution is 0.0648. The highest BCUT2D eigenvalue weighted by atomic mass is 16.5. The minimum absolute atomic E-state index is 0.0964. The predicted octanol–water partition coefficient (Wildman–Crippen LogP) is 0.812. The van der Waals surface area contributed by atoms with Crippen LogP contribution in [0.5, 0.6) is 0 Å². The molecule has 14 heavy (non-hydrogen) atoms. The minimum atomic E-state index is 0.0964. The molecule has 0 aromatic heterocycles. The molecule has 3 N–H and O–H groups in total. The topological polar surface area (TPSA) is 62.3 Å². The minimum Gasteiger partial charge on any atom is -0.386 e. The normalized spacial score (nSPS) is 26.9. The first-order valence-corrected chi connectivity index (χ1v) is 5.34. The summed E-state index contributed by atoms with van der Waals surface area (Å²) in [5, 5.41) is 7.52. The van der Waals surface area contributed by atoms with Gasteiger partial charge in [0.25, 0.3) is 0 Å². The molecule has 1 aliphatic rings. The molecule has 2 atom stereocenters. The molecular weight excluding hydrogens is 178 g/mol. The largest absolute Gasteiger partial charge is 0.386 e. The summed E-state index contributed by atoms with van der Waals surface area (Å²) in [6, 6.07) is 0.0964. The number of ether oxygens (including phenoxy) is 1. The van der Waals surface area contributed by atoms with E-state index in [1.165, 1.54) is 0 Å². The molecule has 82 valence electrons. The second-order valence-corrected chi connectivity index (χ2v) is 3.91. The predicted molar refractivity (Wildman–Crippen MR) is 57.6 cm³/mol. The lowest BCUT2D eigenvalue weighted by atomic mass is 10.1. The van der Waals surface area contributed by atoms with Crippen LogP contribution in [-0.2, 0) is 4.74 Å². The van der Waals surface area contributed by atoms with Crippen LogP contribution in [0.15, 0.2) is 0 Å². The van der Waals surface area contributed by atoms with E-state index < -0.39 is 0 Å². The highest BCUT2D eigenvalue weighted by Crippen LogP contribution is 2.11. The maximum Gasteiger partial charge on any atom is 0.108 e. The molecular formula is C10H21N3O. The Morgan fingerprint density at radius 1 is 1.71 bits per heavy atom. The van der Waals surface area contributed by atoms with Crippen molar-refractivity contribution in [3.63, 3.8) is 0 Å². The van der Waals surface area contributed by atoms with E-state index in [1.54, 1.807) is 0 Å². The van der Waals surface area contributed by atoms with Gasteiger partial charge in [-0.3, -0.25) is 10.3 Å². The van der Waals surface area contributed by atoms with Gasteiger partial charge in [-0.2, -0.15) is 0 Å². The van der Waals surface area contributed by atoms with Crippen molar-refractivity contribution >= 4 is 5.84 Å². The molecule has 4 heteroatoms. The van der Waals surface area contributed by atoms with Gasteiger partial charge < -0.3 is 10.5 Å². The molecule has 0 aromatic rings. The van der Waals surface area contributed by atoms with Crippen LogP contribution in [0.2, 0.25) is 0 Å². The molecule has 1 fully saturated rings. The quantitative estimate of drug-likeness (QED) is 0.522. The van der Waals surface area contributed by atoms with Crippen LogP contribution < -0.4 is 5.73 Å². The van der Waals surface area contributed by atoms with Crippen molar-refractivity contribution < 1.29 is 4.74 Å². The summed E-state index contributed by atoms with van der Waals surface area (Å²) < 4.78 is 5.55. The molecule has 0 saturated carbocycles. The molecule has 0 aliphatic carbocycles. The zero-order chi connectivity index (χ0) is 10.6. The third-order valence-corrected chi connectivity index (χ3v) is 2.67. The highest BCUT2D eigenvalue weighted by Gasteiger charge is 2.23. The van der Waals surface area contributed by atoms with Gasteiger partial charge in [0, 0.05) is 19.7 Å². The smallest absolute Gasteiger partial charge is 0.108 e. The van der Waals surface area contributed by atoms with Gasteiger partial charge in [0.2, 0.25) is 0 Å². The number of hydrogen-bond donors (Lipinski definition) is 2. The highest BCUT2D eigenvalue weighted by molar-refractivity contribution is 5.82. The summed E-state index contributed by atoms with van der Waals surface area (Å²) in [6.45, 7) is 6.85. The van der Waals surface area contributed by atoms with Crippen molar-refractivity contribution in [2.24, 2.45) is 5.73 Å². The molecule has 2 unspecified atom stereocenters. The zero-order valence-corrected chi connectivity index (χ0v) is 9.12. The number of nitrogens with one attached hydrogen (secondary N) is 1. The lowest BCUT2D eigenvalue weighted by Crippen LogP contribution is -2.46. The second kappa shape index (κ2) is 5.32. The SMILES string of the molecule is CCC(C(=N)N)N1CCCOC(C)C1. The summed E-state index contributed by atoms with van der Waals surface area (Å²) in [7, 11) is 0. The van der Waals surface area contributed by atoms with Crippen LogP contribution in [0, 0.1) is 5.41 Å². The fraction of sp³-hybridized carbons (Fsp3) is 0.900. The van der Waals surface area contributed by atoms with Crippen LogP contribution in [0.4, 0.5) is 0 Å². The van der Waals surface area contributed by atoms with E-state index in [9.17, 15) is 0 Å². The van der Waals surface area contributed by atoms with Gasteiger partial charge in [-0.1, -0.05) is 6.92 Å². The maximum absolute atomic E-state index is 7.52. The van der Waals surface area contributed by atoms with Crippen molar-refractivity contribution in [2.75, 3.05) is 19.7 Å². The summed E-state index contributed by atoms with van der Waals surface area (Å²) in [5.74, 6) is 0.279. The Balaban J connectivity index is 2.58. The Kier molecular flexibility index (Phi) is 4.35. The first-order valence-electron chi connectivity index (χ1n) is 5.34. The third kappa shape index (κ3) is 2.96.